The number of nitrogens with one attached hydrogen (secondary N) is 1. The summed E-state index contributed by atoms with van der Waals surface area (Å²) in [6, 6.07) is 7.73. The van der Waals surface area contributed by atoms with E-state index in [0.29, 0.717) is 6.04 Å². The number of nitrogen functional groups attached to an aromatic ring is 1. The maximum atomic E-state index is 5.82. The van der Waals surface area contributed by atoms with Crippen molar-refractivity contribution in [3.63, 3.8) is 0 Å². The summed E-state index contributed by atoms with van der Waals surface area (Å²) < 4.78 is 0. The SMILES string of the molecule is Nc1ccc2c(c1)CCC2NC1CCCC1. The fraction of sp³-hybridized carbons (Fsp3) is 0.571. The Morgan fingerprint density at radius 2 is 1.94 bits per heavy atom. The molecule has 1 atom stereocenters. The first-order valence-electron chi connectivity index (χ1n) is 6.47. The molecule has 1 aromatic rings. The van der Waals surface area contributed by atoms with Crippen molar-refractivity contribution in [3.8, 4) is 0 Å². The van der Waals surface area contributed by atoms with Crippen molar-refractivity contribution >= 4 is 5.69 Å². The summed E-state index contributed by atoms with van der Waals surface area (Å²) in [5.41, 5.74) is 9.66. The van der Waals surface area contributed by atoms with Crippen molar-refractivity contribution in [2.75, 3.05) is 5.73 Å². The summed E-state index contributed by atoms with van der Waals surface area (Å²) in [6.45, 7) is 0. The van der Waals surface area contributed by atoms with Crippen LogP contribution in [0, 0.1) is 0 Å². The Kier molecular flexibility index (Phi) is 2.60. The van der Waals surface area contributed by atoms with Gasteiger partial charge in [-0.1, -0.05) is 18.9 Å². The summed E-state index contributed by atoms with van der Waals surface area (Å²) >= 11 is 0. The van der Waals surface area contributed by atoms with E-state index in [0.717, 1.165) is 11.7 Å². The van der Waals surface area contributed by atoms with E-state index >= 15 is 0 Å². The minimum atomic E-state index is 0.582. The molecule has 86 valence electrons. The maximum Gasteiger partial charge on any atom is 0.0328 e. The van der Waals surface area contributed by atoms with E-state index in [4.69, 9.17) is 5.73 Å². The van der Waals surface area contributed by atoms with Gasteiger partial charge in [-0.05, 0) is 48.9 Å². The Hall–Kier alpha value is -1.02. The lowest BCUT2D eigenvalue weighted by Crippen LogP contribution is -2.29. The molecule has 1 unspecified atom stereocenters. The highest BCUT2D eigenvalue weighted by Gasteiger charge is 2.25. The molecule has 2 aliphatic rings. The second-order valence-electron chi connectivity index (χ2n) is 5.20. The predicted molar refractivity (Wildman–Crippen MR) is 67.3 cm³/mol. The quantitative estimate of drug-likeness (QED) is 0.746. The van der Waals surface area contributed by atoms with Crippen LogP contribution in [-0.2, 0) is 6.42 Å². The molecule has 0 aliphatic heterocycles. The summed E-state index contributed by atoms with van der Waals surface area (Å²) in [7, 11) is 0. The minimum Gasteiger partial charge on any atom is -0.399 e. The van der Waals surface area contributed by atoms with Gasteiger partial charge >= 0.3 is 0 Å². The number of rotatable bonds is 2. The first kappa shape index (κ1) is 10.2. The number of aryl methyl sites for hydroxylation is 1. The molecule has 0 aromatic heterocycles. The molecule has 16 heavy (non-hydrogen) atoms. The molecule has 0 amide bonds. The van der Waals surface area contributed by atoms with Gasteiger partial charge in [0, 0.05) is 17.8 Å². The lowest BCUT2D eigenvalue weighted by atomic mass is 10.1. The van der Waals surface area contributed by atoms with Crippen LogP contribution in [0.1, 0.15) is 49.3 Å². The molecule has 2 heteroatoms. The van der Waals surface area contributed by atoms with Crippen LogP contribution in [0.4, 0.5) is 5.69 Å². The average molecular weight is 216 g/mol. The van der Waals surface area contributed by atoms with Crippen LogP contribution in [0.3, 0.4) is 0 Å². The van der Waals surface area contributed by atoms with E-state index in [1.165, 1.54) is 49.7 Å². The summed E-state index contributed by atoms with van der Waals surface area (Å²) in [5, 5.41) is 3.81. The van der Waals surface area contributed by atoms with Gasteiger partial charge in [-0.2, -0.15) is 0 Å². The first-order valence-corrected chi connectivity index (χ1v) is 6.47. The first-order chi connectivity index (χ1) is 7.83. The van der Waals surface area contributed by atoms with E-state index < -0.39 is 0 Å². The molecule has 2 aliphatic carbocycles. The average Bonchev–Trinajstić information content (AvgIpc) is 2.89. The smallest absolute Gasteiger partial charge is 0.0328 e. The zero-order valence-electron chi connectivity index (χ0n) is 9.71. The molecular weight excluding hydrogens is 196 g/mol. The van der Waals surface area contributed by atoms with Crippen molar-refractivity contribution in [1.29, 1.82) is 0 Å². The molecule has 1 fully saturated rings. The molecule has 3 rings (SSSR count). The second kappa shape index (κ2) is 4.10. The van der Waals surface area contributed by atoms with Crippen LogP contribution in [0.15, 0.2) is 18.2 Å². The topological polar surface area (TPSA) is 38.0 Å². The van der Waals surface area contributed by atoms with Crippen molar-refractivity contribution in [3.05, 3.63) is 29.3 Å². The zero-order valence-corrected chi connectivity index (χ0v) is 9.71. The van der Waals surface area contributed by atoms with Gasteiger partial charge in [0.15, 0.2) is 0 Å². The van der Waals surface area contributed by atoms with E-state index in [2.05, 4.69) is 17.4 Å². The molecular formula is C14H20N2. The highest BCUT2D eigenvalue weighted by atomic mass is 15.0. The minimum absolute atomic E-state index is 0.582. The van der Waals surface area contributed by atoms with Crippen LogP contribution in [0.2, 0.25) is 0 Å². The number of hydrogen-bond donors (Lipinski definition) is 2. The highest BCUT2D eigenvalue weighted by molar-refractivity contribution is 5.47. The maximum absolute atomic E-state index is 5.82. The molecule has 0 radical (unpaired) electrons. The van der Waals surface area contributed by atoms with Crippen LogP contribution in [-0.4, -0.2) is 6.04 Å². The summed E-state index contributed by atoms with van der Waals surface area (Å²) in [5.74, 6) is 0. The largest absolute Gasteiger partial charge is 0.399 e. The van der Waals surface area contributed by atoms with E-state index in [-0.39, 0.29) is 0 Å². The third-order valence-corrected chi connectivity index (χ3v) is 4.04. The molecule has 2 nitrogen and oxygen atoms in total. The molecule has 0 saturated heterocycles. The van der Waals surface area contributed by atoms with Gasteiger partial charge < -0.3 is 11.1 Å². The monoisotopic (exact) mass is 216 g/mol. The van der Waals surface area contributed by atoms with Crippen molar-refractivity contribution in [2.45, 2.75) is 50.6 Å². The van der Waals surface area contributed by atoms with Gasteiger partial charge in [0.05, 0.1) is 0 Å². The molecule has 0 heterocycles. The van der Waals surface area contributed by atoms with Gasteiger partial charge in [0.1, 0.15) is 0 Å². The molecule has 1 aromatic carbocycles. The number of fused-ring (bicyclic) bond motifs is 1. The molecule has 1 saturated carbocycles. The Morgan fingerprint density at radius 3 is 2.75 bits per heavy atom. The van der Waals surface area contributed by atoms with Gasteiger partial charge in [0.2, 0.25) is 0 Å². The Bertz CT molecular complexity index is 380. The van der Waals surface area contributed by atoms with E-state index in [1.54, 1.807) is 0 Å². The van der Waals surface area contributed by atoms with Crippen molar-refractivity contribution < 1.29 is 0 Å². The van der Waals surface area contributed by atoms with Crippen LogP contribution >= 0.6 is 0 Å². The molecule has 3 N–H and O–H groups in total. The van der Waals surface area contributed by atoms with Crippen LogP contribution < -0.4 is 11.1 Å². The van der Waals surface area contributed by atoms with Gasteiger partial charge in [0.25, 0.3) is 0 Å². The molecule has 0 bridgehead atoms. The van der Waals surface area contributed by atoms with Crippen molar-refractivity contribution in [1.82, 2.24) is 5.32 Å². The normalized spacial score (nSPS) is 24.9. The summed E-state index contributed by atoms with van der Waals surface area (Å²) in [6.07, 6.45) is 7.96. The zero-order chi connectivity index (χ0) is 11.0. The second-order valence-corrected chi connectivity index (χ2v) is 5.20. The standard InChI is InChI=1S/C14H20N2/c15-11-6-7-13-10(9-11)5-8-14(13)16-12-3-1-2-4-12/h6-7,9,12,14,16H,1-5,8,15H2. The van der Waals surface area contributed by atoms with E-state index in [9.17, 15) is 0 Å². The number of hydrogen-bond acceptors (Lipinski definition) is 2. The highest BCUT2D eigenvalue weighted by Crippen LogP contribution is 2.34. The lowest BCUT2D eigenvalue weighted by molar-refractivity contribution is 0.438. The number of anilines is 1. The summed E-state index contributed by atoms with van der Waals surface area (Å²) in [4.78, 5) is 0. The van der Waals surface area contributed by atoms with Crippen LogP contribution in [0.25, 0.3) is 0 Å². The fourth-order valence-electron chi connectivity index (χ4n) is 3.19. The predicted octanol–water partition coefficient (Wildman–Crippen LogP) is 2.79. The van der Waals surface area contributed by atoms with Crippen molar-refractivity contribution in [2.24, 2.45) is 0 Å². The van der Waals surface area contributed by atoms with Gasteiger partial charge in [-0.25, -0.2) is 0 Å². The lowest BCUT2D eigenvalue weighted by Gasteiger charge is -2.19. The van der Waals surface area contributed by atoms with E-state index in [1.807, 2.05) is 6.07 Å². The van der Waals surface area contributed by atoms with Gasteiger partial charge in [-0.15, -0.1) is 0 Å². The Labute approximate surface area is 97.2 Å². The molecule has 0 spiro atoms. The number of nitrogens with two attached hydrogens (primary N) is 1. The van der Waals surface area contributed by atoms with Gasteiger partial charge in [-0.3, -0.25) is 0 Å². The third kappa shape index (κ3) is 1.82. The Balaban J connectivity index is 1.75. The third-order valence-electron chi connectivity index (χ3n) is 4.04. The van der Waals surface area contributed by atoms with Crippen LogP contribution in [0.5, 0.6) is 0 Å². The Morgan fingerprint density at radius 1 is 1.12 bits per heavy atom. The fourth-order valence-corrected chi connectivity index (χ4v) is 3.19. The number of benzene rings is 1.